The maximum Gasteiger partial charge on any atom is 0.0994 e. The lowest BCUT2D eigenvalue weighted by atomic mass is 9.88. The van der Waals surface area contributed by atoms with E-state index in [0.717, 1.165) is 43.7 Å². The average Bonchev–Trinajstić information content (AvgIpc) is 2.42. The average molecular weight is 244 g/mol. The second kappa shape index (κ2) is 6.53. The zero-order valence-corrected chi connectivity index (χ0v) is 10.9. The fourth-order valence-electron chi connectivity index (χ4n) is 2.62. The van der Waals surface area contributed by atoms with Crippen molar-refractivity contribution in [2.45, 2.75) is 25.8 Å². The van der Waals surface area contributed by atoms with Gasteiger partial charge in [0.05, 0.1) is 18.2 Å². The molecule has 0 unspecified atom stereocenters. The van der Waals surface area contributed by atoms with Crippen LogP contribution in [0.3, 0.4) is 0 Å². The number of rotatable bonds is 4. The first-order valence-corrected chi connectivity index (χ1v) is 6.64. The minimum atomic E-state index is 0.466. The molecule has 1 saturated heterocycles. The maximum absolute atomic E-state index is 9.12. The summed E-state index contributed by atoms with van der Waals surface area (Å²) in [7, 11) is 0. The Bertz CT molecular complexity index is 423. The third kappa shape index (κ3) is 3.10. The molecule has 0 radical (unpaired) electrons. The molecule has 1 aromatic carbocycles. The highest BCUT2D eigenvalue weighted by molar-refractivity contribution is 5.37. The Morgan fingerprint density at radius 2 is 2.28 bits per heavy atom. The quantitative estimate of drug-likeness (QED) is 0.882. The van der Waals surface area contributed by atoms with Crippen LogP contribution in [0.5, 0.6) is 0 Å². The Morgan fingerprint density at radius 1 is 1.44 bits per heavy atom. The molecule has 1 aliphatic heterocycles. The zero-order valence-electron chi connectivity index (χ0n) is 10.9. The highest BCUT2D eigenvalue weighted by Crippen LogP contribution is 2.21. The first kappa shape index (κ1) is 13.1. The molecule has 0 aromatic heterocycles. The van der Waals surface area contributed by atoms with Crippen molar-refractivity contribution < 1.29 is 4.74 Å². The van der Waals surface area contributed by atoms with Crippen LogP contribution >= 0.6 is 0 Å². The van der Waals surface area contributed by atoms with Gasteiger partial charge in [0.15, 0.2) is 0 Å². The molecule has 0 spiro atoms. The van der Waals surface area contributed by atoms with E-state index < -0.39 is 0 Å². The van der Waals surface area contributed by atoms with Gasteiger partial charge < -0.3 is 10.1 Å². The molecule has 3 nitrogen and oxygen atoms in total. The lowest BCUT2D eigenvalue weighted by molar-refractivity contribution is 0.0326. The summed E-state index contributed by atoms with van der Waals surface area (Å²) in [6.45, 7) is 4.75. The number of ether oxygens (including phenoxy) is 1. The van der Waals surface area contributed by atoms with E-state index in [9.17, 15) is 0 Å². The second-order valence-electron chi connectivity index (χ2n) is 4.76. The number of hydrogen-bond donors (Lipinski definition) is 1. The van der Waals surface area contributed by atoms with Crippen LogP contribution in [0.2, 0.25) is 0 Å². The van der Waals surface area contributed by atoms with Gasteiger partial charge in [0.25, 0.3) is 0 Å². The molecular formula is C15H20N2O. The molecule has 0 aliphatic carbocycles. The molecule has 2 atom stereocenters. The highest BCUT2D eigenvalue weighted by atomic mass is 16.5. The summed E-state index contributed by atoms with van der Waals surface area (Å²) in [4.78, 5) is 0. The van der Waals surface area contributed by atoms with E-state index in [1.807, 2.05) is 18.2 Å². The van der Waals surface area contributed by atoms with Crippen molar-refractivity contribution in [3.05, 3.63) is 35.4 Å². The fraction of sp³-hybridized carbons (Fsp3) is 0.533. The minimum absolute atomic E-state index is 0.466. The maximum atomic E-state index is 9.12. The fourth-order valence-corrected chi connectivity index (χ4v) is 2.62. The number of nitriles is 1. The Hall–Kier alpha value is -1.37. The highest BCUT2D eigenvalue weighted by Gasteiger charge is 2.25. The van der Waals surface area contributed by atoms with Gasteiger partial charge in [-0.15, -0.1) is 0 Å². The van der Waals surface area contributed by atoms with Crippen LogP contribution in [0.25, 0.3) is 0 Å². The van der Waals surface area contributed by atoms with Gasteiger partial charge in [-0.1, -0.05) is 25.1 Å². The molecule has 0 saturated carbocycles. The van der Waals surface area contributed by atoms with Crippen molar-refractivity contribution in [3.63, 3.8) is 0 Å². The Kier molecular flexibility index (Phi) is 4.74. The summed E-state index contributed by atoms with van der Waals surface area (Å²) in [6.07, 6.45) is 1.98. The SMILES string of the molecule is CCN[C@@H]1CCOC[C@@H]1Cc1ccccc1C#N. The Morgan fingerprint density at radius 3 is 3.06 bits per heavy atom. The van der Waals surface area contributed by atoms with Gasteiger partial charge in [0.2, 0.25) is 0 Å². The summed E-state index contributed by atoms with van der Waals surface area (Å²) in [6, 6.07) is 10.6. The predicted octanol–water partition coefficient (Wildman–Crippen LogP) is 2.12. The van der Waals surface area contributed by atoms with Crippen LogP contribution in [0.1, 0.15) is 24.5 Å². The first-order valence-electron chi connectivity index (χ1n) is 6.64. The van der Waals surface area contributed by atoms with Crippen LogP contribution in [-0.4, -0.2) is 25.8 Å². The third-order valence-electron chi connectivity index (χ3n) is 3.56. The summed E-state index contributed by atoms with van der Waals surface area (Å²) in [5.74, 6) is 0.466. The third-order valence-corrected chi connectivity index (χ3v) is 3.56. The first-order chi connectivity index (χ1) is 8.85. The lowest BCUT2D eigenvalue weighted by Crippen LogP contribution is -2.43. The van der Waals surface area contributed by atoms with Crippen LogP contribution in [0, 0.1) is 17.2 Å². The molecule has 96 valence electrons. The van der Waals surface area contributed by atoms with Crippen molar-refractivity contribution in [1.29, 1.82) is 5.26 Å². The molecule has 0 bridgehead atoms. The van der Waals surface area contributed by atoms with Gasteiger partial charge in [-0.25, -0.2) is 0 Å². The van der Waals surface area contributed by atoms with E-state index >= 15 is 0 Å². The molecule has 0 amide bonds. The van der Waals surface area contributed by atoms with Gasteiger partial charge in [0, 0.05) is 18.6 Å². The van der Waals surface area contributed by atoms with Gasteiger partial charge >= 0.3 is 0 Å². The summed E-state index contributed by atoms with van der Waals surface area (Å²) in [5, 5.41) is 12.6. The normalized spacial score (nSPS) is 23.6. The standard InChI is InChI=1S/C15H20N2O/c1-2-17-15-7-8-18-11-14(15)9-12-5-3-4-6-13(12)10-16/h3-6,14-15,17H,2,7-9,11H2,1H3/t14-,15+/m0/s1. The molecule has 1 aromatic rings. The van der Waals surface area contributed by atoms with E-state index in [0.29, 0.717) is 12.0 Å². The summed E-state index contributed by atoms with van der Waals surface area (Å²) < 4.78 is 5.58. The molecule has 1 heterocycles. The monoisotopic (exact) mass is 244 g/mol. The molecule has 2 rings (SSSR count). The Balaban J connectivity index is 2.09. The lowest BCUT2D eigenvalue weighted by Gasteiger charge is -2.32. The van der Waals surface area contributed by atoms with Crippen molar-refractivity contribution in [1.82, 2.24) is 5.32 Å². The van der Waals surface area contributed by atoms with Gasteiger partial charge in [-0.2, -0.15) is 5.26 Å². The number of nitrogens with zero attached hydrogens (tertiary/aromatic N) is 1. The van der Waals surface area contributed by atoms with Crippen molar-refractivity contribution >= 4 is 0 Å². The van der Waals surface area contributed by atoms with Crippen molar-refractivity contribution in [3.8, 4) is 6.07 Å². The number of hydrogen-bond acceptors (Lipinski definition) is 3. The molecule has 3 heteroatoms. The summed E-state index contributed by atoms with van der Waals surface area (Å²) in [5.41, 5.74) is 1.93. The second-order valence-corrected chi connectivity index (χ2v) is 4.76. The van der Waals surface area contributed by atoms with E-state index in [1.54, 1.807) is 0 Å². The molecule has 1 fully saturated rings. The van der Waals surface area contributed by atoms with Crippen LogP contribution < -0.4 is 5.32 Å². The van der Waals surface area contributed by atoms with Crippen LogP contribution in [0.4, 0.5) is 0 Å². The topological polar surface area (TPSA) is 45.0 Å². The van der Waals surface area contributed by atoms with Gasteiger partial charge in [-0.3, -0.25) is 0 Å². The van der Waals surface area contributed by atoms with E-state index in [4.69, 9.17) is 10.00 Å². The zero-order chi connectivity index (χ0) is 12.8. The van der Waals surface area contributed by atoms with Crippen molar-refractivity contribution in [2.24, 2.45) is 5.92 Å². The molecule has 1 aliphatic rings. The predicted molar refractivity (Wildman–Crippen MR) is 71.3 cm³/mol. The molecule has 1 N–H and O–H groups in total. The van der Waals surface area contributed by atoms with E-state index in [1.165, 1.54) is 0 Å². The molecular weight excluding hydrogens is 224 g/mol. The van der Waals surface area contributed by atoms with Crippen LogP contribution in [0.15, 0.2) is 24.3 Å². The number of benzene rings is 1. The molecule has 18 heavy (non-hydrogen) atoms. The van der Waals surface area contributed by atoms with E-state index in [2.05, 4.69) is 24.4 Å². The van der Waals surface area contributed by atoms with Crippen LogP contribution in [-0.2, 0) is 11.2 Å². The number of nitrogens with one attached hydrogen (secondary N) is 1. The minimum Gasteiger partial charge on any atom is -0.381 e. The van der Waals surface area contributed by atoms with E-state index in [-0.39, 0.29) is 0 Å². The smallest absolute Gasteiger partial charge is 0.0994 e. The largest absolute Gasteiger partial charge is 0.381 e. The Labute approximate surface area is 109 Å². The van der Waals surface area contributed by atoms with Crippen molar-refractivity contribution in [2.75, 3.05) is 19.8 Å². The van der Waals surface area contributed by atoms with Gasteiger partial charge in [0.1, 0.15) is 0 Å². The van der Waals surface area contributed by atoms with Gasteiger partial charge in [-0.05, 0) is 31.0 Å². The summed E-state index contributed by atoms with van der Waals surface area (Å²) >= 11 is 0.